The summed E-state index contributed by atoms with van der Waals surface area (Å²) in [5.74, 6) is 3.02. The van der Waals surface area contributed by atoms with E-state index in [4.69, 9.17) is 9.40 Å². The van der Waals surface area contributed by atoms with Crippen LogP contribution in [-0.4, -0.2) is 16.5 Å². The highest BCUT2D eigenvalue weighted by Crippen LogP contribution is 2.43. The number of rotatable bonds is 5. The number of halogens is 1. The van der Waals surface area contributed by atoms with Gasteiger partial charge in [0.1, 0.15) is 5.82 Å². The van der Waals surface area contributed by atoms with Gasteiger partial charge >= 0.3 is 0 Å². The Morgan fingerprint density at radius 3 is 2.80 bits per heavy atom. The topological polar surface area (TPSA) is 51.0 Å². The van der Waals surface area contributed by atoms with Crippen molar-refractivity contribution < 1.29 is 4.42 Å². The molecular weight excluding hydrogens is 365 g/mol. The van der Waals surface area contributed by atoms with Crippen LogP contribution in [0.3, 0.4) is 0 Å². The van der Waals surface area contributed by atoms with Crippen LogP contribution in [-0.2, 0) is 0 Å². The molecule has 2 aromatic rings. The lowest BCUT2D eigenvalue weighted by Gasteiger charge is -2.12. The Hall–Kier alpha value is -1.11. The quantitative estimate of drug-likeness (QED) is 0.781. The van der Waals surface area contributed by atoms with Crippen molar-refractivity contribution >= 4 is 28.4 Å². The number of nitrogens with one attached hydrogen (secondary N) is 1. The number of anilines is 1. The number of hydrogen-bond donors (Lipinski definition) is 1. The van der Waals surface area contributed by atoms with Crippen LogP contribution in [0.4, 0.5) is 5.82 Å². The van der Waals surface area contributed by atoms with Crippen LogP contribution < -0.4 is 5.32 Å². The zero-order valence-electron chi connectivity index (χ0n) is 11.7. The number of aromatic nitrogens is 2. The smallest absolute Gasteiger partial charge is 0.198 e. The van der Waals surface area contributed by atoms with Gasteiger partial charge in [-0.05, 0) is 60.4 Å². The molecule has 2 aromatic heterocycles. The van der Waals surface area contributed by atoms with E-state index in [1.807, 2.05) is 13.0 Å². The molecule has 4 nitrogen and oxygen atoms in total. The summed E-state index contributed by atoms with van der Waals surface area (Å²) in [7, 11) is 0. The molecule has 1 N–H and O–H groups in total. The van der Waals surface area contributed by atoms with Gasteiger partial charge in [-0.25, -0.2) is 9.97 Å². The molecule has 1 aliphatic rings. The van der Waals surface area contributed by atoms with Crippen molar-refractivity contribution in [2.45, 2.75) is 39.0 Å². The van der Waals surface area contributed by atoms with Crippen molar-refractivity contribution in [3.8, 4) is 11.6 Å². The third kappa shape index (κ3) is 2.68. The average Bonchev–Trinajstić information content (AvgIpc) is 3.20. The first-order chi connectivity index (χ1) is 9.70. The maximum Gasteiger partial charge on any atom is 0.198 e. The van der Waals surface area contributed by atoms with Gasteiger partial charge in [0.2, 0.25) is 0 Å². The predicted octanol–water partition coefficient (Wildman–Crippen LogP) is 4.35. The van der Waals surface area contributed by atoms with Gasteiger partial charge in [-0.15, -0.1) is 0 Å². The minimum atomic E-state index is 0.598. The average molecular weight is 383 g/mol. The van der Waals surface area contributed by atoms with Gasteiger partial charge in [0.25, 0.3) is 0 Å². The van der Waals surface area contributed by atoms with Crippen molar-refractivity contribution in [1.29, 1.82) is 0 Å². The fraction of sp³-hybridized carbons (Fsp3) is 0.467. The third-order valence-corrected chi connectivity index (χ3v) is 4.51. The summed E-state index contributed by atoms with van der Waals surface area (Å²) < 4.78 is 6.71. The van der Waals surface area contributed by atoms with Gasteiger partial charge < -0.3 is 9.73 Å². The van der Waals surface area contributed by atoms with Crippen LogP contribution in [0.5, 0.6) is 0 Å². The molecule has 5 heteroatoms. The second-order valence-corrected chi connectivity index (χ2v) is 6.31. The molecule has 1 aliphatic carbocycles. The van der Waals surface area contributed by atoms with E-state index in [1.165, 1.54) is 18.5 Å². The van der Waals surface area contributed by atoms with Gasteiger partial charge in [-0.3, -0.25) is 0 Å². The molecule has 1 fully saturated rings. The monoisotopic (exact) mass is 383 g/mol. The summed E-state index contributed by atoms with van der Waals surface area (Å²) in [5.41, 5.74) is 2.25. The molecule has 20 heavy (non-hydrogen) atoms. The zero-order chi connectivity index (χ0) is 14.1. The standard InChI is InChI=1S/C15H18IN3O/c1-3-7-17-14-11(16)12(10-4-5-10)18-15(19-14)13-9(2)6-8-20-13/h6,8,10H,3-5,7H2,1-2H3,(H,17,18,19). The number of hydrogen-bond acceptors (Lipinski definition) is 4. The van der Waals surface area contributed by atoms with Gasteiger partial charge in [0.15, 0.2) is 11.6 Å². The largest absolute Gasteiger partial charge is 0.461 e. The Labute approximate surface area is 132 Å². The Morgan fingerprint density at radius 2 is 2.20 bits per heavy atom. The van der Waals surface area contributed by atoms with Crippen LogP contribution in [0.25, 0.3) is 11.6 Å². The van der Waals surface area contributed by atoms with Crippen LogP contribution in [0.1, 0.15) is 43.4 Å². The van der Waals surface area contributed by atoms with Crippen molar-refractivity contribution in [3.05, 3.63) is 27.2 Å². The fourth-order valence-electron chi connectivity index (χ4n) is 2.16. The van der Waals surface area contributed by atoms with E-state index in [-0.39, 0.29) is 0 Å². The van der Waals surface area contributed by atoms with E-state index in [1.54, 1.807) is 6.26 Å². The molecule has 0 atom stereocenters. The summed E-state index contributed by atoms with van der Waals surface area (Å²) in [6.07, 6.45) is 5.24. The fourth-order valence-corrected chi connectivity index (χ4v) is 3.03. The molecule has 0 spiro atoms. The first-order valence-electron chi connectivity index (χ1n) is 7.06. The number of furan rings is 1. The van der Waals surface area contributed by atoms with Gasteiger partial charge in [0.05, 0.1) is 15.5 Å². The van der Waals surface area contributed by atoms with Crippen molar-refractivity contribution in [2.24, 2.45) is 0 Å². The van der Waals surface area contributed by atoms with E-state index in [2.05, 4.69) is 39.8 Å². The normalized spacial score (nSPS) is 14.6. The summed E-state index contributed by atoms with van der Waals surface area (Å²) in [6.45, 7) is 5.10. The highest BCUT2D eigenvalue weighted by atomic mass is 127. The lowest BCUT2D eigenvalue weighted by molar-refractivity contribution is 0.575. The van der Waals surface area contributed by atoms with Crippen molar-refractivity contribution in [2.75, 3.05) is 11.9 Å². The maximum absolute atomic E-state index is 5.55. The lowest BCUT2D eigenvalue weighted by Crippen LogP contribution is -2.08. The van der Waals surface area contributed by atoms with Gasteiger partial charge in [-0.2, -0.15) is 0 Å². The molecule has 0 aliphatic heterocycles. The molecule has 0 unspecified atom stereocenters. The summed E-state index contributed by atoms with van der Waals surface area (Å²) >= 11 is 2.36. The van der Waals surface area contributed by atoms with E-state index in [9.17, 15) is 0 Å². The molecule has 0 amide bonds. The molecule has 0 saturated heterocycles. The van der Waals surface area contributed by atoms with Crippen LogP contribution in [0, 0.1) is 10.5 Å². The van der Waals surface area contributed by atoms with E-state index < -0.39 is 0 Å². The lowest BCUT2D eigenvalue weighted by atomic mass is 10.2. The Balaban J connectivity index is 2.06. The van der Waals surface area contributed by atoms with Crippen LogP contribution in [0.15, 0.2) is 16.7 Å². The van der Waals surface area contributed by atoms with E-state index >= 15 is 0 Å². The number of nitrogens with zero attached hydrogens (tertiary/aromatic N) is 2. The highest BCUT2D eigenvalue weighted by Gasteiger charge is 2.30. The summed E-state index contributed by atoms with van der Waals surface area (Å²) in [5, 5.41) is 3.41. The second kappa shape index (κ2) is 5.71. The first-order valence-corrected chi connectivity index (χ1v) is 8.14. The molecule has 106 valence electrons. The number of aryl methyl sites for hydroxylation is 1. The third-order valence-electron chi connectivity index (χ3n) is 3.45. The molecule has 0 radical (unpaired) electrons. The Bertz CT molecular complexity index is 620. The maximum atomic E-state index is 5.55. The van der Waals surface area contributed by atoms with E-state index in [0.717, 1.165) is 33.7 Å². The molecule has 1 saturated carbocycles. The van der Waals surface area contributed by atoms with Crippen LogP contribution >= 0.6 is 22.6 Å². The Kier molecular flexibility index (Phi) is 3.96. The highest BCUT2D eigenvalue weighted by molar-refractivity contribution is 14.1. The van der Waals surface area contributed by atoms with Gasteiger partial charge in [0, 0.05) is 12.5 Å². The molecule has 2 heterocycles. The molecule has 0 bridgehead atoms. The van der Waals surface area contributed by atoms with Gasteiger partial charge in [-0.1, -0.05) is 6.92 Å². The molecule has 0 aromatic carbocycles. The first kappa shape index (κ1) is 13.9. The SMILES string of the molecule is CCCNc1nc(-c2occc2C)nc(C2CC2)c1I. The summed E-state index contributed by atoms with van der Waals surface area (Å²) in [4.78, 5) is 9.41. The summed E-state index contributed by atoms with van der Waals surface area (Å²) in [6, 6.07) is 1.95. The molecular formula is C15H18IN3O. The Morgan fingerprint density at radius 1 is 1.40 bits per heavy atom. The minimum Gasteiger partial charge on any atom is -0.461 e. The van der Waals surface area contributed by atoms with Crippen molar-refractivity contribution in [1.82, 2.24) is 9.97 Å². The van der Waals surface area contributed by atoms with Crippen molar-refractivity contribution in [3.63, 3.8) is 0 Å². The zero-order valence-corrected chi connectivity index (χ0v) is 13.9. The second-order valence-electron chi connectivity index (χ2n) is 5.23. The molecule has 3 rings (SSSR count). The predicted molar refractivity (Wildman–Crippen MR) is 87.9 cm³/mol. The van der Waals surface area contributed by atoms with E-state index in [0.29, 0.717) is 11.7 Å². The van der Waals surface area contributed by atoms with Crippen LogP contribution in [0.2, 0.25) is 0 Å². The minimum absolute atomic E-state index is 0.598.